The molecular weight excluding hydrogens is 549 g/mol. The molecule has 40 heavy (non-hydrogen) atoms. The largest absolute Gasteiger partial charge is 0.395 e. The number of hydrogen-bond acceptors (Lipinski definition) is 8. The van der Waals surface area contributed by atoms with Gasteiger partial charge in [-0.1, -0.05) is 0 Å². The number of carbonyl (C=O) groups excluding carboxylic acids is 1. The number of aryl methyl sites for hydroxylation is 1. The van der Waals surface area contributed by atoms with Crippen molar-refractivity contribution >= 4 is 39.1 Å². The normalized spacial score (nSPS) is 19.9. The van der Waals surface area contributed by atoms with E-state index < -0.39 is 40.0 Å². The second-order valence-corrected chi connectivity index (χ2v) is 12.8. The zero-order chi connectivity index (χ0) is 28.7. The minimum absolute atomic E-state index is 0.0152. The number of alkyl halides is 2. The van der Waals surface area contributed by atoms with E-state index >= 15 is 4.39 Å². The van der Waals surface area contributed by atoms with Gasteiger partial charge in [0.2, 0.25) is 16.0 Å². The molecule has 1 aromatic heterocycles. The number of piperidine rings is 2. The van der Waals surface area contributed by atoms with Crippen molar-refractivity contribution in [2.75, 3.05) is 58.4 Å². The summed E-state index contributed by atoms with van der Waals surface area (Å²) in [5.74, 6) is -4.60. The highest BCUT2D eigenvalue weighted by Crippen LogP contribution is 2.54. The Kier molecular flexibility index (Phi) is 7.59. The van der Waals surface area contributed by atoms with Crippen molar-refractivity contribution in [2.24, 2.45) is 5.41 Å². The summed E-state index contributed by atoms with van der Waals surface area (Å²) in [5, 5.41) is 11.7. The Morgan fingerprint density at radius 1 is 1.00 bits per heavy atom. The number of rotatable bonds is 8. The SMILES string of the molecule is Cc1cc(N2CCC(F)(F)CC2)nc(NC(=O)c2cc(F)c(NS(=O)(=O)CCO)cc2N2CCC3(CC2)CC3)n1. The van der Waals surface area contributed by atoms with Gasteiger partial charge in [0.25, 0.3) is 11.8 Å². The number of hydrogen-bond donors (Lipinski definition) is 3. The fourth-order valence-corrected chi connectivity index (χ4v) is 6.16. The molecule has 1 aromatic carbocycles. The molecule has 1 amide bonds. The minimum atomic E-state index is -4.00. The monoisotopic (exact) mass is 582 g/mol. The summed E-state index contributed by atoms with van der Waals surface area (Å²) in [5.41, 5.74) is 0.876. The quantitative estimate of drug-likeness (QED) is 0.432. The number of aliphatic hydroxyl groups excluding tert-OH is 1. The molecule has 2 aliphatic heterocycles. The Morgan fingerprint density at radius 2 is 1.65 bits per heavy atom. The van der Waals surface area contributed by atoms with Crippen molar-refractivity contribution in [1.82, 2.24) is 9.97 Å². The van der Waals surface area contributed by atoms with Gasteiger partial charge in [-0.15, -0.1) is 0 Å². The van der Waals surface area contributed by atoms with Gasteiger partial charge in [0.15, 0.2) is 0 Å². The average Bonchev–Trinajstić information content (AvgIpc) is 3.63. The van der Waals surface area contributed by atoms with Crippen LogP contribution >= 0.6 is 0 Å². The maximum Gasteiger partial charge on any atom is 0.260 e. The molecule has 14 heteroatoms. The number of halogens is 3. The van der Waals surface area contributed by atoms with Crippen LogP contribution in [0.1, 0.15) is 54.6 Å². The molecule has 1 spiro atoms. The van der Waals surface area contributed by atoms with Crippen LogP contribution in [0.3, 0.4) is 0 Å². The summed E-state index contributed by atoms with van der Waals surface area (Å²) in [6.07, 6.45) is 3.54. The minimum Gasteiger partial charge on any atom is -0.395 e. The van der Waals surface area contributed by atoms with Gasteiger partial charge in [0, 0.05) is 50.8 Å². The van der Waals surface area contributed by atoms with Crippen LogP contribution < -0.4 is 19.8 Å². The van der Waals surface area contributed by atoms with Crippen molar-refractivity contribution < 1.29 is 31.5 Å². The molecule has 3 N–H and O–H groups in total. The Bertz CT molecular complexity index is 1380. The molecule has 0 unspecified atom stereocenters. The molecule has 3 fully saturated rings. The summed E-state index contributed by atoms with van der Waals surface area (Å²) < 4.78 is 69.1. The van der Waals surface area contributed by atoms with E-state index in [2.05, 4.69) is 20.0 Å². The second-order valence-electron chi connectivity index (χ2n) is 11.0. The lowest BCUT2D eigenvalue weighted by Crippen LogP contribution is -2.40. The summed E-state index contributed by atoms with van der Waals surface area (Å²) in [4.78, 5) is 25.8. The molecule has 3 heterocycles. The van der Waals surface area contributed by atoms with Crippen LogP contribution in [0.25, 0.3) is 0 Å². The Morgan fingerprint density at radius 3 is 2.27 bits per heavy atom. The van der Waals surface area contributed by atoms with Crippen molar-refractivity contribution in [3.63, 3.8) is 0 Å². The number of anilines is 4. The molecular formula is C26H33F3N6O4S. The summed E-state index contributed by atoms with van der Waals surface area (Å²) >= 11 is 0. The molecule has 10 nitrogen and oxygen atoms in total. The van der Waals surface area contributed by atoms with E-state index in [-0.39, 0.29) is 43.1 Å². The third-order valence-corrected chi connectivity index (χ3v) is 9.21. The number of carbonyl (C=O) groups is 1. The molecule has 2 aromatic rings. The predicted octanol–water partition coefficient (Wildman–Crippen LogP) is 3.53. The number of aromatic nitrogens is 2. The van der Waals surface area contributed by atoms with E-state index in [1.807, 2.05) is 4.90 Å². The molecule has 5 rings (SSSR count). The predicted molar refractivity (Wildman–Crippen MR) is 145 cm³/mol. The van der Waals surface area contributed by atoms with E-state index in [1.54, 1.807) is 17.9 Å². The summed E-state index contributed by atoms with van der Waals surface area (Å²) in [6, 6.07) is 3.94. The van der Waals surface area contributed by atoms with Crippen LogP contribution in [0.5, 0.6) is 0 Å². The third kappa shape index (κ3) is 6.43. The second kappa shape index (κ2) is 10.7. The van der Waals surface area contributed by atoms with Crippen LogP contribution in [-0.2, 0) is 10.0 Å². The van der Waals surface area contributed by atoms with Gasteiger partial charge in [0.05, 0.1) is 29.3 Å². The molecule has 0 bridgehead atoms. The average molecular weight is 583 g/mol. The van der Waals surface area contributed by atoms with Gasteiger partial charge in [-0.2, -0.15) is 4.98 Å². The summed E-state index contributed by atoms with van der Waals surface area (Å²) in [7, 11) is -4.00. The topological polar surface area (TPSA) is 128 Å². The fourth-order valence-electron chi connectivity index (χ4n) is 5.32. The number of amides is 1. The van der Waals surface area contributed by atoms with Crippen LogP contribution in [0, 0.1) is 18.2 Å². The molecule has 1 aliphatic carbocycles. The number of nitrogens with zero attached hydrogens (tertiary/aromatic N) is 4. The van der Waals surface area contributed by atoms with Crippen LogP contribution in [-0.4, -0.2) is 73.9 Å². The van der Waals surface area contributed by atoms with Crippen molar-refractivity contribution in [3.8, 4) is 0 Å². The van der Waals surface area contributed by atoms with E-state index in [0.29, 0.717) is 35.7 Å². The van der Waals surface area contributed by atoms with Crippen LogP contribution in [0.4, 0.5) is 36.3 Å². The zero-order valence-corrected chi connectivity index (χ0v) is 23.0. The number of sulfonamides is 1. The molecule has 3 aliphatic rings. The van der Waals surface area contributed by atoms with Crippen molar-refractivity contribution in [2.45, 2.75) is 51.4 Å². The van der Waals surface area contributed by atoms with Gasteiger partial charge in [-0.3, -0.25) is 14.8 Å². The van der Waals surface area contributed by atoms with E-state index in [4.69, 9.17) is 5.11 Å². The maximum absolute atomic E-state index is 15.1. The molecule has 0 atom stereocenters. The van der Waals surface area contributed by atoms with Gasteiger partial charge < -0.3 is 14.9 Å². The van der Waals surface area contributed by atoms with Crippen molar-refractivity contribution in [1.29, 1.82) is 0 Å². The standard InChI is InChI=1S/C26H33F3N6O4S/c1-17-14-22(35-10-6-26(28,29)7-11-35)31-24(30-17)32-23(37)18-15-19(27)20(33-40(38,39)13-12-36)16-21(18)34-8-4-25(2-3-25)5-9-34/h14-16,33,36H,2-13H2,1H3,(H,30,31,32,37). The van der Waals surface area contributed by atoms with Gasteiger partial charge in [-0.25, -0.2) is 26.6 Å². The first-order valence-electron chi connectivity index (χ1n) is 13.4. The van der Waals surface area contributed by atoms with E-state index in [1.165, 1.54) is 6.07 Å². The van der Waals surface area contributed by atoms with Crippen LogP contribution in [0.15, 0.2) is 18.2 Å². The first kappa shape index (κ1) is 28.4. The Labute approximate surface area is 231 Å². The third-order valence-electron chi connectivity index (χ3n) is 7.96. The highest BCUT2D eigenvalue weighted by atomic mass is 32.2. The highest BCUT2D eigenvalue weighted by Gasteiger charge is 2.45. The lowest BCUT2D eigenvalue weighted by molar-refractivity contribution is -0.0221. The number of aliphatic hydroxyl groups is 1. The fraction of sp³-hybridized carbons (Fsp3) is 0.577. The first-order chi connectivity index (χ1) is 18.9. The molecule has 2 saturated heterocycles. The Balaban J connectivity index is 1.42. The van der Waals surface area contributed by atoms with Gasteiger partial charge in [-0.05, 0) is 50.2 Å². The molecule has 218 valence electrons. The van der Waals surface area contributed by atoms with E-state index in [0.717, 1.165) is 31.7 Å². The van der Waals surface area contributed by atoms with E-state index in [9.17, 15) is 22.0 Å². The molecule has 1 saturated carbocycles. The smallest absolute Gasteiger partial charge is 0.260 e. The van der Waals surface area contributed by atoms with Crippen molar-refractivity contribution in [3.05, 3.63) is 35.3 Å². The molecule has 0 radical (unpaired) electrons. The first-order valence-corrected chi connectivity index (χ1v) is 15.0. The van der Waals surface area contributed by atoms with Gasteiger partial charge in [0.1, 0.15) is 11.6 Å². The maximum atomic E-state index is 15.1. The van der Waals surface area contributed by atoms with Crippen LogP contribution in [0.2, 0.25) is 0 Å². The number of benzene rings is 1. The van der Waals surface area contributed by atoms with Gasteiger partial charge >= 0.3 is 0 Å². The summed E-state index contributed by atoms with van der Waals surface area (Å²) in [6.45, 7) is 2.53. The Hall–Kier alpha value is -3.13. The zero-order valence-electron chi connectivity index (χ0n) is 22.2. The highest BCUT2D eigenvalue weighted by molar-refractivity contribution is 7.92. The lowest BCUT2D eigenvalue weighted by Gasteiger charge is -2.35. The number of nitrogens with one attached hydrogen (secondary N) is 2. The lowest BCUT2D eigenvalue weighted by atomic mass is 9.93.